The molecule has 112 valence electrons. The van der Waals surface area contributed by atoms with Gasteiger partial charge in [0.1, 0.15) is 6.61 Å². The fourth-order valence-corrected chi connectivity index (χ4v) is 2.23. The van der Waals surface area contributed by atoms with Crippen LogP contribution >= 0.6 is 11.6 Å². The van der Waals surface area contributed by atoms with Crippen molar-refractivity contribution in [1.82, 2.24) is 19.9 Å². The average Bonchev–Trinajstić information content (AvgIpc) is 2.46. The van der Waals surface area contributed by atoms with Gasteiger partial charge in [0, 0.05) is 6.54 Å². The summed E-state index contributed by atoms with van der Waals surface area (Å²) in [5.41, 5.74) is 0. The normalized spacial score (nSPS) is 16.1. The third-order valence-corrected chi connectivity index (χ3v) is 3.26. The van der Waals surface area contributed by atoms with Gasteiger partial charge in [0.05, 0.1) is 6.61 Å². The Labute approximate surface area is 124 Å². The molecule has 7 heteroatoms. The molecule has 0 N–H and O–H groups in total. The standard InChI is InChI=1S/C13H21ClN4O2/c1-2-9-19-12-15-11(14)16-13(17-12)20-10-8-18-6-4-3-5-7-18/h2-10H2,1H3. The molecule has 0 bridgehead atoms. The van der Waals surface area contributed by atoms with E-state index in [-0.39, 0.29) is 17.3 Å². The SMILES string of the molecule is CCCOc1nc(Cl)nc(OCCN2CCCCC2)n1. The van der Waals surface area contributed by atoms with Crippen LogP contribution in [0.15, 0.2) is 0 Å². The maximum absolute atomic E-state index is 5.82. The average molecular weight is 301 g/mol. The van der Waals surface area contributed by atoms with Crippen LogP contribution in [0.4, 0.5) is 0 Å². The largest absolute Gasteiger partial charge is 0.463 e. The Morgan fingerprint density at radius 3 is 2.30 bits per heavy atom. The number of likely N-dealkylation sites (tertiary alicyclic amines) is 1. The van der Waals surface area contributed by atoms with E-state index in [0.29, 0.717) is 13.2 Å². The molecule has 1 aliphatic rings. The molecule has 20 heavy (non-hydrogen) atoms. The van der Waals surface area contributed by atoms with Crippen molar-refractivity contribution in [2.45, 2.75) is 32.6 Å². The molecule has 0 atom stereocenters. The second-order valence-corrected chi connectivity index (χ2v) is 5.11. The molecule has 6 nitrogen and oxygen atoms in total. The summed E-state index contributed by atoms with van der Waals surface area (Å²) in [6.07, 6.45) is 4.76. The highest BCUT2D eigenvalue weighted by Crippen LogP contribution is 2.13. The predicted molar refractivity (Wildman–Crippen MR) is 76.4 cm³/mol. The summed E-state index contributed by atoms with van der Waals surface area (Å²) in [6.45, 7) is 6.28. The zero-order valence-electron chi connectivity index (χ0n) is 11.8. The number of nitrogens with zero attached hydrogens (tertiary/aromatic N) is 4. The van der Waals surface area contributed by atoms with Crippen molar-refractivity contribution in [2.24, 2.45) is 0 Å². The molecule has 1 aromatic rings. The molecular weight excluding hydrogens is 280 g/mol. The maximum Gasteiger partial charge on any atom is 0.323 e. The minimum Gasteiger partial charge on any atom is -0.463 e. The van der Waals surface area contributed by atoms with E-state index in [1.54, 1.807) is 0 Å². The highest BCUT2D eigenvalue weighted by atomic mass is 35.5. The molecule has 1 fully saturated rings. The summed E-state index contributed by atoms with van der Waals surface area (Å²) in [5, 5.41) is 0.0964. The highest BCUT2D eigenvalue weighted by Gasteiger charge is 2.11. The van der Waals surface area contributed by atoms with Crippen LogP contribution < -0.4 is 9.47 Å². The molecule has 0 amide bonds. The summed E-state index contributed by atoms with van der Waals surface area (Å²) < 4.78 is 10.9. The zero-order valence-corrected chi connectivity index (χ0v) is 12.6. The van der Waals surface area contributed by atoms with Crippen LogP contribution in [-0.4, -0.2) is 52.7 Å². The van der Waals surface area contributed by atoms with Gasteiger partial charge < -0.3 is 9.47 Å². The van der Waals surface area contributed by atoms with E-state index < -0.39 is 0 Å². The van der Waals surface area contributed by atoms with Crippen LogP contribution in [0.5, 0.6) is 12.0 Å². The van der Waals surface area contributed by atoms with Crippen molar-refractivity contribution >= 4 is 11.6 Å². The summed E-state index contributed by atoms with van der Waals surface area (Å²) in [6, 6.07) is 0.452. The Kier molecular flexibility index (Phi) is 6.26. The quantitative estimate of drug-likeness (QED) is 0.769. The molecule has 2 rings (SSSR count). The van der Waals surface area contributed by atoms with Crippen LogP contribution in [-0.2, 0) is 0 Å². The van der Waals surface area contributed by atoms with Gasteiger partial charge in [-0.2, -0.15) is 9.97 Å². The van der Waals surface area contributed by atoms with Crippen molar-refractivity contribution in [1.29, 1.82) is 0 Å². The third kappa shape index (κ3) is 5.09. The van der Waals surface area contributed by atoms with Crippen LogP contribution in [0.2, 0.25) is 5.28 Å². The first-order chi connectivity index (χ1) is 9.78. The zero-order chi connectivity index (χ0) is 14.2. The summed E-state index contributed by atoms with van der Waals surface area (Å²) in [4.78, 5) is 14.3. The van der Waals surface area contributed by atoms with E-state index in [1.807, 2.05) is 6.92 Å². The first-order valence-electron chi connectivity index (χ1n) is 7.17. The lowest BCUT2D eigenvalue weighted by Gasteiger charge is -2.25. The number of hydrogen-bond acceptors (Lipinski definition) is 6. The lowest BCUT2D eigenvalue weighted by Crippen LogP contribution is -2.33. The maximum atomic E-state index is 5.82. The van der Waals surface area contributed by atoms with Gasteiger partial charge >= 0.3 is 12.0 Å². The fraction of sp³-hybridized carbons (Fsp3) is 0.769. The van der Waals surface area contributed by atoms with Gasteiger partial charge in [-0.15, -0.1) is 4.98 Å². The molecule has 0 aliphatic carbocycles. The number of piperidine rings is 1. The number of ether oxygens (including phenoxy) is 2. The molecule has 2 heterocycles. The van der Waals surface area contributed by atoms with E-state index in [4.69, 9.17) is 21.1 Å². The molecule has 0 aromatic carbocycles. The number of halogens is 1. The molecular formula is C13H21ClN4O2. The number of hydrogen-bond donors (Lipinski definition) is 0. The Balaban J connectivity index is 1.80. The van der Waals surface area contributed by atoms with Crippen molar-refractivity contribution in [3.63, 3.8) is 0 Å². The third-order valence-electron chi connectivity index (χ3n) is 3.09. The Bertz CT molecular complexity index is 413. The lowest BCUT2D eigenvalue weighted by molar-refractivity contribution is 0.175. The van der Waals surface area contributed by atoms with Crippen LogP contribution in [0.25, 0.3) is 0 Å². The van der Waals surface area contributed by atoms with Gasteiger partial charge in [-0.25, -0.2) is 0 Å². The number of aromatic nitrogens is 3. The van der Waals surface area contributed by atoms with Gasteiger partial charge in [-0.05, 0) is 44.0 Å². The van der Waals surface area contributed by atoms with Gasteiger partial charge in [0.15, 0.2) is 0 Å². The van der Waals surface area contributed by atoms with Crippen LogP contribution in [0, 0.1) is 0 Å². The predicted octanol–water partition coefficient (Wildman–Crippen LogP) is 2.18. The van der Waals surface area contributed by atoms with Crippen molar-refractivity contribution in [2.75, 3.05) is 32.8 Å². The van der Waals surface area contributed by atoms with Crippen LogP contribution in [0.1, 0.15) is 32.6 Å². The second kappa shape index (κ2) is 8.21. The molecule has 0 spiro atoms. The first-order valence-corrected chi connectivity index (χ1v) is 7.55. The van der Waals surface area contributed by atoms with Crippen molar-refractivity contribution in [3.8, 4) is 12.0 Å². The van der Waals surface area contributed by atoms with E-state index in [2.05, 4.69) is 19.9 Å². The van der Waals surface area contributed by atoms with Crippen molar-refractivity contribution in [3.05, 3.63) is 5.28 Å². The Morgan fingerprint density at radius 2 is 1.65 bits per heavy atom. The Morgan fingerprint density at radius 1 is 1.00 bits per heavy atom. The molecule has 0 radical (unpaired) electrons. The monoisotopic (exact) mass is 300 g/mol. The van der Waals surface area contributed by atoms with E-state index >= 15 is 0 Å². The second-order valence-electron chi connectivity index (χ2n) is 4.77. The summed E-state index contributed by atoms with van der Waals surface area (Å²) in [7, 11) is 0. The van der Waals surface area contributed by atoms with Gasteiger partial charge in [0.25, 0.3) is 0 Å². The molecule has 1 aromatic heterocycles. The number of rotatable bonds is 7. The van der Waals surface area contributed by atoms with E-state index in [1.165, 1.54) is 19.3 Å². The molecule has 1 saturated heterocycles. The van der Waals surface area contributed by atoms with Gasteiger partial charge in [0.2, 0.25) is 5.28 Å². The topological polar surface area (TPSA) is 60.4 Å². The molecule has 0 unspecified atom stereocenters. The summed E-state index contributed by atoms with van der Waals surface area (Å²) >= 11 is 5.82. The Hall–Kier alpha value is -1.14. The minimum absolute atomic E-state index is 0.0964. The molecule has 1 aliphatic heterocycles. The van der Waals surface area contributed by atoms with Crippen LogP contribution in [0.3, 0.4) is 0 Å². The smallest absolute Gasteiger partial charge is 0.323 e. The highest BCUT2D eigenvalue weighted by molar-refractivity contribution is 6.28. The van der Waals surface area contributed by atoms with E-state index in [0.717, 1.165) is 26.1 Å². The van der Waals surface area contributed by atoms with Gasteiger partial charge in [-0.3, -0.25) is 4.90 Å². The lowest BCUT2D eigenvalue weighted by atomic mass is 10.1. The van der Waals surface area contributed by atoms with Crippen molar-refractivity contribution < 1.29 is 9.47 Å². The fourth-order valence-electron chi connectivity index (χ4n) is 2.09. The van der Waals surface area contributed by atoms with Gasteiger partial charge in [-0.1, -0.05) is 13.3 Å². The minimum atomic E-state index is 0.0964. The summed E-state index contributed by atoms with van der Waals surface area (Å²) in [5.74, 6) is 0. The first kappa shape index (κ1) is 15.3. The van der Waals surface area contributed by atoms with E-state index in [9.17, 15) is 0 Å². The molecule has 0 saturated carbocycles.